The second kappa shape index (κ2) is 11.9. The molecule has 11 heteroatoms. The molecule has 0 aliphatic heterocycles. The molecular formula is C26H27BCl2FN4O3. The van der Waals surface area contributed by atoms with E-state index >= 15 is 0 Å². The fourth-order valence-corrected chi connectivity index (χ4v) is 3.64. The summed E-state index contributed by atoms with van der Waals surface area (Å²) in [6.45, 7) is 8.40. The summed E-state index contributed by atoms with van der Waals surface area (Å²) in [5.74, 6) is 0.116. The van der Waals surface area contributed by atoms with E-state index in [2.05, 4.69) is 15.3 Å². The van der Waals surface area contributed by atoms with E-state index in [0.717, 1.165) is 5.56 Å². The van der Waals surface area contributed by atoms with Gasteiger partial charge in [-0.1, -0.05) is 30.0 Å². The smallest absolute Gasteiger partial charge is 0.262 e. The SMILES string of the molecule is C[B]/C(Cl)=C(\C=C(\C)Nc1cc(-n2cccc(C(C)(C)O)c2=O)ncc1C)OCc1ncc(Cl)cc1F. The standard InChI is InChI=1S/C26H27BCl2FN4O3/c1-15-12-32-23(34-8-6-7-18(25(34)35)26(3,4)36)11-20(15)33-16(2)9-22(24(29)27-5)37-14-21-19(30)10-17(28)13-31-21/h6-13,36H,14H2,1-5H3,(H,32,33)/b16-9-,24-22-. The number of rotatable bonds is 9. The molecule has 0 aromatic carbocycles. The molecule has 0 spiro atoms. The largest absolute Gasteiger partial charge is 0.487 e. The highest BCUT2D eigenvalue weighted by molar-refractivity contribution is 6.63. The summed E-state index contributed by atoms with van der Waals surface area (Å²) in [4.78, 5) is 21.7. The molecule has 3 aromatic heterocycles. The van der Waals surface area contributed by atoms with Gasteiger partial charge in [0.25, 0.3) is 5.56 Å². The molecule has 3 rings (SSSR count). The predicted octanol–water partition coefficient (Wildman–Crippen LogP) is 5.65. The first-order chi connectivity index (χ1) is 17.4. The van der Waals surface area contributed by atoms with Crippen LogP contribution in [-0.4, -0.2) is 26.9 Å². The maximum atomic E-state index is 14.1. The lowest BCUT2D eigenvalue weighted by atomic mass is 9.81. The topological polar surface area (TPSA) is 89.3 Å². The number of aromatic nitrogens is 3. The third kappa shape index (κ3) is 7.22. The number of aliphatic hydroxyl groups is 1. The Morgan fingerprint density at radius 2 is 2.05 bits per heavy atom. The summed E-state index contributed by atoms with van der Waals surface area (Å²) in [5.41, 5.74) is 0.875. The number of pyridine rings is 3. The highest BCUT2D eigenvalue weighted by Gasteiger charge is 2.21. The van der Waals surface area contributed by atoms with Crippen LogP contribution in [0.2, 0.25) is 11.8 Å². The Balaban J connectivity index is 1.88. The highest BCUT2D eigenvalue weighted by atomic mass is 35.5. The van der Waals surface area contributed by atoms with Crippen LogP contribution in [0.25, 0.3) is 5.82 Å². The highest BCUT2D eigenvalue weighted by Crippen LogP contribution is 2.22. The Morgan fingerprint density at radius 3 is 2.70 bits per heavy atom. The Morgan fingerprint density at radius 1 is 1.32 bits per heavy atom. The summed E-state index contributed by atoms with van der Waals surface area (Å²) in [6, 6.07) is 6.17. The van der Waals surface area contributed by atoms with E-state index in [-0.39, 0.29) is 28.4 Å². The Kier molecular flexibility index (Phi) is 9.18. The maximum Gasteiger partial charge on any atom is 0.262 e. The molecule has 0 aliphatic rings. The average Bonchev–Trinajstić information content (AvgIpc) is 2.83. The summed E-state index contributed by atoms with van der Waals surface area (Å²) in [6.07, 6.45) is 6.26. The Bertz CT molecular complexity index is 1420. The number of nitrogens with zero attached hydrogens (tertiary/aromatic N) is 3. The van der Waals surface area contributed by atoms with Crippen LogP contribution in [0.3, 0.4) is 0 Å². The van der Waals surface area contributed by atoms with Gasteiger partial charge in [-0.25, -0.2) is 9.37 Å². The van der Waals surface area contributed by atoms with Crippen LogP contribution in [0, 0.1) is 12.7 Å². The van der Waals surface area contributed by atoms with Gasteiger partial charge in [0.15, 0.2) is 7.28 Å². The quantitative estimate of drug-likeness (QED) is 0.206. The Labute approximate surface area is 225 Å². The zero-order chi connectivity index (χ0) is 27.3. The molecule has 0 saturated heterocycles. The van der Waals surface area contributed by atoms with Gasteiger partial charge in [-0.3, -0.25) is 14.3 Å². The molecule has 1 radical (unpaired) electrons. The molecule has 0 amide bonds. The first-order valence-corrected chi connectivity index (χ1v) is 12.1. The number of aryl methyl sites for hydroxylation is 1. The third-order valence-corrected chi connectivity index (χ3v) is 5.97. The number of nitrogens with one attached hydrogen (secondary N) is 1. The van der Waals surface area contributed by atoms with Gasteiger partial charge in [-0.15, -0.1) is 0 Å². The summed E-state index contributed by atoms with van der Waals surface area (Å²) >= 11 is 12.1. The maximum absolute atomic E-state index is 14.1. The molecule has 2 N–H and O–H groups in total. The normalized spacial score (nSPS) is 12.7. The van der Waals surface area contributed by atoms with Crippen molar-refractivity contribution in [1.29, 1.82) is 0 Å². The monoisotopic (exact) mass is 543 g/mol. The minimum Gasteiger partial charge on any atom is -0.487 e. The van der Waals surface area contributed by atoms with E-state index in [9.17, 15) is 14.3 Å². The molecule has 7 nitrogen and oxygen atoms in total. The molecule has 0 aliphatic carbocycles. The second-order valence-electron chi connectivity index (χ2n) is 8.84. The number of allylic oxidation sites excluding steroid dienone is 2. The van der Waals surface area contributed by atoms with Gasteiger partial charge in [0.05, 0.1) is 10.6 Å². The lowest BCUT2D eigenvalue weighted by Crippen LogP contribution is -2.31. The van der Waals surface area contributed by atoms with Crippen molar-refractivity contribution in [3.63, 3.8) is 0 Å². The average molecular weight is 544 g/mol. The van der Waals surface area contributed by atoms with Crippen molar-refractivity contribution in [1.82, 2.24) is 14.5 Å². The summed E-state index contributed by atoms with van der Waals surface area (Å²) < 4.78 is 21.3. The van der Waals surface area contributed by atoms with Gasteiger partial charge in [0, 0.05) is 46.5 Å². The minimum absolute atomic E-state index is 0.0924. The molecule has 3 aromatic rings. The zero-order valence-electron chi connectivity index (χ0n) is 21.1. The number of hydrogen-bond donors (Lipinski definition) is 2. The number of halogens is 3. The van der Waals surface area contributed by atoms with Gasteiger partial charge in [-0.2, -0.15) is 0 Å². The molecule has 0 unspecified atom stereocenters. The first-order valence-electron chi connectivity index (χ1n) is 11.4. The van der Waals surface area contributed by atoms with Gasteiger partial charge < -0.3 is 15.2 Å². The Hall–Kier alpha value is -3.14. The van der Waals surface area contributed by atoms with E-state index in [1.165, 1.54) is 16.8 Å². The van der Waals surface area contributed by atoms with Gasteiger partial charge >= 0.3 is 0 Å². The number of ether oxygens (including phenoxy) is 1. The zero-order valence-corrected chi connectivity index (χ0v) is 22.7. The van der Waals surface area contributed by atoms with Gasteiger partial charge in [0.1, 0.15) is 29.7 Å². The third-order valence-electron chi connectivity index (χ3n) is 5.36. The van der Waals surface area contributed by atoms with Crippen LogP contribution in [0.1, 0.15) is 37.6 Å². The van der Waals surface area contributed by atoms with Crippen molar-refractivity contribution < 1.29 is 14.2 Å². The van der Waals surface area contributed by atoms with Gasteiger partial charge in [0.2, 0.25) is 0 Å². The molecule has 0 fully saturated rings. The summed E-state index contributed by atoms with van der Waals surface area (Å²) in [7, 11) is 1.66. The number of anilines is 1. The van der Waals surface area contributed by atoms with Crippen LogP contribution >= 0.6 is 23.2 Å². The van der Waals surface area contributed by atoms with E-state index in [0.29, 0.717) is 27.9 Å². The van der Waals surface area contributed by atoms with E-state index < -0.39 is 11.4 Å². The molecule has 3 heterocycles. The van der Waals surface area contributed by atoms with Crippen molar-refractivity contribution in [2.75, 3.05) is 5.32 Å². The van der Waals surface area contributed by atoms with E-state index in [4.69, 9.17) is 27.9 Å². The van der Waals surface area contributed by atoms with Crippen molar-refractivity contribution >= 4 is 36.2 Å². The first kappa shape index (κ1) is 28.4. The molecule has 37 heavy (non-hydrogen) atoms. The lowest BCUT2D eigenvalue weighted by molar-refractivity contribution is 0.0767. The summed E-state index contributed by atoms with van der Waals surface area (Å²) in [5, 5.41) is 13.8. The van der Waals surface area contributed by atoms with Crippen molar-refractivity contribution in [3.8, 4) is 5.82 Å². The molecule has 0 saturated carbocycles. The van der Waals surface area contributed by atoms with Crippen molar-refractivity contribution in [2.45, 2.75) is 46.7 Å². The second-order valence-corrected chi connectivity index (χ2v) is 9.68. The lowest BCUT2D eigenvalue weighted by Gasteiger charge is -2.18. The number of hydrogen-bond acceptors (Lipinski definition) is 6. The van der Waals surface area contributed by atoms with Crippen LogP contribution < -0.4 is 10.9 Å². The van der Waals surface area contributed by atoms with Crippen LogP contribution in [-0.2, 0) is 16.9 Å². The van der Waals surface area contributed by atoms with E-state index in [1.807, 2.05) is 13.8 Å². The van der Waals surface area contributed by atoms with E-state index in [1.54, 1.807) is 64.6 Å². The molecule has 0 bridgehead atoms. The van der Waals surface area contributed by atoms with Crippen LogP contribution in [0.5, 0.6) is 0 Å². The van der Waals surface area contributed by atoms with Crippen molar-refractivity contribution in [3.05, 3.63) is 103 Å². The fourth-order valence-electron chi connectivity index (χ4n) is 3.38. The van der Waals surface area contributed by atoms with Crippen LogP contribution in [0.4, 0.5) is 10.1 Å². The molecular weight excluding hydrogens is 517 g/mol. The molecule has 193 valence electrons. The predicted molar refractivity (Wildman–Crippen MR) is 146 cm³/mol. The van der Waals surface area contributed by atoms with Gasteiger partial charge in [-0.05, 0) is 57.5 Å². The fraction of sp³-hybridized carbons (Fsp3) is 0.269. The minimum atomic E-state index is -1.30. The van der Waals surface area contributed by atoms with Crippen molar-refractivity contribution in [2.24, 2.45) is 0 Å². The molecule has 0 atom stereocenters. The van der Waals surface area contributed by atoms with Crippen LogP contribution in [0.15, 0.2) is 70.1 Å².